The highest BCUT2D eigenvalue weighted by Gasteiger charge is 2.50. The molecule has 208 valence electrons. The molecule has 8 nitrogen and oxygen atoms in total. The van der Waals surface area contributed by atoms with Crippen LogP contribution in [0.15, 0.2) is 0 Å². The van der Waals surface area contributed by atoms with Crippen LogP contribution in [-0.4, -0.2) is 48.8 Å². The molecule has 8 heteroatoms. The third-order valence-electron chi connectivity index (χ3n) is 6.94. The molecule has 4 unspecified atom stereocenters. The molecule has 1 fully saturated rings. The first kappa shape index (κ1) is 31.9. The maximum Gasteiger partial charge on any atom is 0.309 e. The molecule has 0 spiro atoms. The largest absolute Gasteiger partial charge is 0.481 e. The Balaban J connectivity index is 2.76. The normalized spacial score (nSPS) is 21.5. The second-order valence-corrected chi connectivity index (χ2v) is 9.92. The SMILES string of the molecule is CCCCCCCCCCOC(=O)C1CC(C(=O)OCCCC)C(C(=O)OCCCC)CC1C(=O)O. The van der Waals surface area contributed by atoms with E-state index in [9.17, 15) is 24.3 Å². The fourth-order valence-electron chi connectivity index (χ4n) is 4.62. The summed E-state index contributed by atoms with van der Waals surface area (Å²) >= 11 is 0. The molecule has 1 aliphatic carbocycles. The van der Waals surface area contributed by atoms with Crippen molar-refractivity contribution >= 4 is 23.9 Å². The summed E-state index contributed by atoms with van der Waals surface area (Å²) < 4.78 is 16.1. The highest BCUT2D eigenvalue weighted by atomic mass is 16.5. The molecule has 0 aromatic rings. The number of hydrogen-bond acceptors (Lipinski definition) is 7. The topological polar surface area (TPSA) is 116 Å². The summed E-state index contributed by atoms with van der Waals surface area (Å²) in [6.07, 6.45) is 11.7. The summed E-state index contributed by atoms with van der Waals surface area (Å²) in [5.41, 5.74) is 0. The van der Waals surface area contributed by atoms with Crippen LogP contribution >= 0.6 is 0 Å². The van der Waals surface area contributed by atoms with Crippen LogP contribution in [0, 0.1) is 23.7 Å². The molecule has 0 aliphatic heterocycles. The summed E-state index contributed by atoms with van der Waals surface area (Å²) in [4.78, 5) is 50.6. The van der Waals surface area contributed by atoms with Crippen molar-refractivity contribution < 1.29 is 38.5 Å². The molecule has 0 aromatic carbocycles. The Morgan fingerprint density at radius 1 is 0.528 bits per heavy atom. The molecule has 0 radical (unpaired) electrons. The van der Waals surface area contributed by atoms with Gasteiger partial charge in [-0.2, -0.15) is 0 Å². The van der Waals surface area contributed by atoms with E-state index in [-0.39, 0.29) is 32.7 Å². The summed E-state index contributed by atoms with van der Waals surface area (Å²) in [6.45, 7) is 6.78. The van der Waals surface area contributed by atoms with Crippen LogP contribution in [0.4, 0.5) is 0 Å². The summed E-state index contributed by atoms with van der Waals surface area (Å²) in [5, 5.41) is 9.82. The summed E-state index contributed by atoms with van der Waals surface area (Å²) in [5.74, 6) is -6.95. The average molecular weight is 513 g/mol. The van der Waals surface area contributed by atoms with E-state index in [1.54, 1.807) is 0 Å². The third-order valence-corrected chi connectivity index (χ3v) is 6.94. The van der Waals surface area contributed by atoms with Crippen LogP contribution < -0.4 is 0 Å². The van der Waals surface area contributed by atoms with Crippen LogP contribution in [0.5, 0.6) is 0 Å². The molecular weight excluding hydrogens is 464 g/mol. The first-order valence-electron chi connectivity index (χ1n) is 14.1. The number of carboxylic acid groups (broad SMARTS) is 1. The Kier molecular flexibility index (Phi) is 16.9. The van der Waals surface area contributed by atoms with E-state index in [0.29, 0.717) is 12.8 Å². The standard InChI is InChI=1S/C28H48O8/c1-4-7-10-11-12-13-14-15-18-36-26(31)22-20-24(28(33)35-17-9-6-3)23(19-21(22)25(29)30)27(32)34-16-8-5-2/h21-24H,4-20H2,1-3H3,(H,29,30). The van der Waals surface area contributed by atoms with Crippen molar-refractivity contribution in [3.05, 3.63) is 0 Å². The van der Waals surface area contributed by atoms with E-state index in [0.717, 1.165) is 38.5 Å². The van der Waals surface area contributed by atoms with Gasteiger partial charge in [-0.05, 0) is 32.1 Å². The van der Waals surface area contributed by atoms with Gasteiger partial charge in [0.2, 0.25) is 0 Å². The van der Waals surface area contributed by atoms with E-state index < -0.39 is 47.5 Å². The van der Waals surface area contributed by atoms with Gasteiger partial charge in [0.1, 0.15) is 0 Å². The molecule has 1 aliphatic rings. The fraction of sp³-hybridized carbons (Fsp3) is 0.857. The predicted octanol–water partition coefficient (Wildman–Crippen LogP) is 5.70. The number of rotatable bonds is 19. The van der Waals surface area contributed by atoms with Crippen molar-refractivity contribution in [1.82, 2.24) is 0 Å². The van der Waals surface area contributed by atoms with Gasteiger partial charge in [-0.3, -0.25) is 19.2 Å². The van der Waals surface area contributed by atoms with Crippen LogP contribution in [0.25, 0.3) is 0 Å². The van der Waals surface area contributed by atoms with E-state index in [2.05, 4.69) is 6.92 Å². The summed E-state index contributed by atoms with van der Waals surface area (Å²) in [6, 6.07) is 0. The molecular formula is C28H48O8. The number of ether oxygens (including phenoxy) is 3. The minimum absolute atomic E-state index is 0.0915. The van der Waals surface area contributed by atoms with Gasteiger partial charge in [0.15, 0.2) is 0 Å². The molecule has 4 atom stereocenters. The van der Waals surface area contributed by atoms with Crippen LogP contribution in [0.3, 0.4) is 0 Å². The van der Waals surface area contributed by atoms with Crippen molar-refractivity contribution in [2.45, 2.75) is 111 Å². The number of unbranched alkanes of at least 4 members (excludes halogenated alkanes) is 9. The Morgan fingerprint density at radius 2 is 0.861 bits per heavy atom. The van der Waals surface area contributed by atoms with Gasteiger partial charge in [0, 0.05) is 0 Å². The van der Waals surface area contributed by atoms with Crippen molar-refractivity contribution in [3.63, 3.8) is 0 Å². The lowest BCUT2D eigenvalue weighted by atomic mass is 9.68. The average Bonchev–Trinajstić information content (AvgIpc) is 2.86. The van der Waals surface area contributed by atoms with Crippen molar-refractivity contribution in [3.8, 4) is 0 Å². The monoisotopic (exact) mass is 512 g/mol. The molecule has 1 saturated carbocycles. The molecule has 0 heterocycles. The quantitative estimate of drug-likeness (QED) is 0.133. The van der Waals surface area contributed by atoms with Crippen LogP contribution in [0.1, 0.15) is 111 Å². The molecule has 36 heavy (non-hydrogen) atoms. The fourth-order valence-corrected chi connectivity index (χ4v) is 4.62. The maximum absolute atomic E-state index is 12.9. The Morgan fingerprint density at radius 3 is 1.28 bits per heavy atom. The Labute approximate surface area is 216 Å². The lowest BCUT2D eigenvalue weighted by Gasteiger charge is -2.36. The number of esters is 3. The molecule has 1 rings (SSSR count). The lowest BCUT2D eigenvalue weighted by Crippen LogP contribution is -2.46. The number of aliphatic carboxylic acids is 1. The second kappa shape index (κ2) is 19.1. The highest BCUT2D eigenvalue weighted by molar-refractivity contribution is 5.87. The van der Waals surface area contributed by atoms with Gasteiger partial charge in [-0.25, -0.2) is 0 Å². The van der Waals surface area contributed by atoms with Gasteiger partial charge in [-0.15, -0.1) is 0 Å². The van der Waals surface area contributed by atoms with Gasteiger partial charge >= 0.3 is 23.9 Å². The number of carbonyl (C=O) groups is 4. The first-order chi connectivity index (χ1) is 17.4. The van der Waals surface area contributed by atoms with E-state index >= 15 is 0 Å². The molecule has 0 bridgehead atoms. The predicted molar refractivity (Wildman–Crippen MR) is 136 cm³/mol. The Bertz CT molecular complexity index is 662. The first-order valence-corrected chi connectivity index (χ1v) is 14.1. The zero-order valence-electron chi connectivity index (χ0n) is 22.6. The van der Waals surface area contributed by atoms with Crippen LogP contribution in [-0.2, 0) is 33.4 Å². The minimum atomic E-state index is -1.17. The number of carboxylic acids is 1. The van der Waals surface area contributed by atoms with E-state index in [4.69, 9.17) is 14.2 Å². The number of carbonyl (C=O) groups excluding carboxylic acids is 3. The number of hydrogen-bond donors (Lipinski definition) is 1. The maximum atomic E-state index is 12.9. The van der Waals surface area contributed by atoms with Gasteiger partial charge in [0.05, 0.1) is 43.5 Å². The smallest absolute Gasteiger partial charge is 0.309 e. The zero-order valence-corrected chi connectivity index (χ0v) is 22.6. The van der Waals surface area contributed by atoms with Crippen molar-refractivity contribution in [1.29, 1.82) is 0 Å². The van der Waals surface area contributed by atoms with Crippen molar-refractivity contribution in [2.24, 2.45) is 23.7 Å². The summed E-state index contributed by atoms with van der Waals surface area (Å²) in [7, 11) is 0. The lowest BCUT2D eigenvalue weighted by molar-refractivity contribution is -0.174. The second-order valence-electron chi connectivity index (χ2n) is 9.92. The third kappa shape index (κ3) is 11.7. The van der Waals surface area contributed by atoms with Crippen molar-refractivity contribution in [2.75, 3.05) is 19.8 Å². The zero-order chi connectivity index (χ0) is 26.8. The molecule has 0 aromatic heterocycles. The van der Waals surface area contributed by atoms with E-state index in [1.807, 2.05) is 13.8 Å². The molecule has 0 saturated heterocycles. The Hall–Kier alpha value is -2.12. The van der Waals surface area contributed by atoms with E-state index in [1.165, 1.54) is 25.7 Å². The van der Waals surface area contributed by atoms with Gasteiger partial charge < -0.3 is 19.3 Å². The molecule has 1 N–H and O–H groups in total. The van der Waals surface area contributed by atoms with Crippen LogP contribution in [0.2, 0.25) is 0 Å². The van der Waals surface area contributed by atoms with Gasteiger partial charge in [0.25, 0.3) is 0 Å². The molecule has 0 amide bonds. The highest BCUT2D eigenvalue weighted by Crippen LogP contribution is 2.40. The minimum Gasteiger partial charge on any atom is -0.481 e. The van der Waals surface area contributed by atoms with Gasteiger partial charge in [-0.1, -0.05) is 78.6 Å².